The van der Waals surface area contributed by atoms with E-state index in [1.165, 1.54) is 47.6 Å². The van der Waals surface area contributed by atoms with E-state index < -0.39 is 28.4 Å². The average Bonchev–Trinajstić information content (AvgIpc) is 3.36. The van der Waals surface area contributed by atoms with Gasteiger partial charge in [-0.2, -0.15) is 0 Å². The van der Waals surface area contributed by atoms with Gasteiger partial charge in [0.05, 0.1) is 22.8 Å². The number of benzene rings is 2. The zero-order valence-corrected chi connectivity index (χ0v) is 14.9. The van der Waals surface area contributed by atoms with Crippen LogP contribution in [0.25, 0.3) is 0 Å². The van der Waals surface area contributed by atoms with Crippen molar-refractivity contribution >= 4 is 23.1 Å². The molecule has 2 aromatic carbocycles. The highest BCUT2D eigenvalue weighted by molar-refractivity contribution is 6.20. The normalized spacial score (nSPS) is 16.3. The van der Waals surface area contributed by atoms with Crippen LogP contribution in [0.3, 0.4) is 0 Å². The molecule has 0 bridgehead atoms. The lowest BCUT2D eigenvalue weighted by Crippen LogP contribution is -2.31. The second-order valence-electron chi connectivity index (χ2n) is 6.33. The van der Waals surface area contributed by atoms with Gasteiger partial charge in [-0.15, -0.1) is 0 Å². The Morgan fingerprint density at radius 1 is 1.03 bits per heavy atom. The van der Waals surface area contributed by atoms with Crippen molar-refractivity contribution < 1.29 is 24.0 Å². The first-order chi connectivity index (χ1) is 14.0. The van der Waals surface area contributed by atoms with Crippen LogP contribution in [-0.4, -0.2) is 21.7 Å². The maximum Gasteiger partial charge on any atom is 0.294 e. The van der Waals surface area contributed by atoms with Crippen molar-refractivity contribution in [2.24, 2.45) is 0 Å². The largest absolute Gasteiger partial charge is 0.503 e. The predicted octanol–water partition coefficient (Wildman–Crippen LogP) is 3.97. The van der Waals surface area contributed by atoms with E-state index in [0.29, 0.717) is 11.3 Å². The Bertz CT molecular complexity index is 1120. The molecule has 3 aromatic rings. The minimum Gasteiger partial charge on any atom is -0.503 e. The van der Waals surface area contributed by atoms with Crippen LogP contribution < -0.4 is 4.90 Å². The molecule has 1 aliphatic rings. The summed E-state index contributed by atoms with van der Waals surface area (Å²) in [6.45, 7) is 0. The molecule has 0 spiro atoms. The van der Waals surface area contributed by atoms with Crippen molar-refractivity contribution in [3.05, 3.63) is 106 Å². The Hall–Kier alpha value is -4.20. The number of hydrogen-bond donors (Lipinski definition) is 1. The van der Waals surface area contributed by atoms with Gasteiger partial charge in [0, 0.05) is 17.8 Å². The molecule has 1 unspecified atom stereocenters. The standard InChI is InChI=1S/C21H14N2O6/c24-19(16-7-4-12-29-16)17-18(13-8-10-15(11-9-13)23(27)28)22(21(26)20(17)25)14-5-2-1-3-6-14/h1-12,18,25H. The Labute approximate surface area is 164 Å². The Morgan fingerprint density at radius 2 is 1.72 bits per heavy atom. The number of aliphatic hydroxyl groups is 1. The molecule has 0 saturated heterocycles. The maximum atomic E-state index is 13.0. The number of ketones is 1. The summed E-state index contributed by atoms with van der Waals surface area (Å²) in [6.07, 6.45) is 1.32. The van der Waals surface area contributed by atoms with Crippen molar-refractivity contribution in [3.8, 4) is 0 Å². The van der Waals surface area contributed by atoms with Gasteiger partial charge in [0.1, 0.15) is 0 Å². The number of Topliss-reactive ketones (excluding diaryl/α,β-unsaturated/α-hetero) is 1. The Balaban J connectivity index is 1.87. The fraction of sp³-hybridized carbons (Fsp3) is 0.0476. The topological polar surface area (TPSA) is 114 Å². The van der Waals surface area contributed by atoms with Gasteiger partial charge in [-0.1, -0.05) is 18.2 Å². The van der Waals surface area contributed by atoms with Crippen molar-refractivity contribution in [1.82, 2.24) is 0 Å². The molecule has 2 heterocycles. The van der Waals surface area contributed by atoms with E-state index in [-0.39, 0.29) is 17.0 Å². The minimum atomic E-state index is -0.969. The zero-order valence-electron chi connectivity index (χ0n) is 14.9. The van der Waals surface area contributed by atoms with E-state index in [1.807, 2.05) is 0 Å². The first kappa shape index (κ1) is 18.2. The summed E-state index contributed by atoms with van der Waals surface area (Å²) in [5, 5.41) is 21.5. The predicted molar refractivity (Wildman–Crippen MR) is 102 cm³/mol. The molecule has 0 fully saturated rings. The van der Waals surface area contributed by atoms with Crippen LogP contribution in [-0.2, 0) is 4.79 Å². The van der Waals surface area contributed by atoms with Crippen LogP contribution in [0.4, 0.5) is 11.4 Å². The third kappa shape index (κ3) is 3.06. The molecule has 0 saturated carbocycles. The fourth-order valence-electron chi connectivity index (χ4n) is 3.33. The number of nitro benzene ring substituents is 1. The van der Waals surface area contributed by atoms with Gasteiger partial charge < -0.3 is 9.52 Å². The first-order valence-corrected chi connectivity index (χ1v) is 8.63. The Morgan fingerprint density at radius 3 is 2.31 bits per heavy atom. The van der Waals surface area contributed by atoms with E-state index in [9.17, 15) is 24.8 Å². The second-order valence-corrected chi connectivity index (χ2v) is 6.33. The number of rotatable bonds is 5. The van der Waals surface area contributed by atoms with E-state index in [1.54, 1.807) is 30.3 Å². The van der Waals surface area contributed by atoms with Gasteiger partial charge in [-0.25, -0.2) is 0 Å². The Kier molecular flexibility index (Phi) is 4.44. The van der Waals surface area contributed by atoms with Gasteiger partial charge >= 0.3 is 0 Å². The number of nitro groups is 1. The van der Waals surface area contributed by atoms with Gasteiger partial charge in [0.2, 0.25) is 5.78 Å². The molecule has 144 valence electrons. The highest BCUT2D eigenvalue weighted by atomic mass is 16.6. The monoisotopic (exact) mass is 390 g/mol. The number of nitrogens with zero attached hydrogens (tertiary/aromatic N) is 2. The van der Waals surface area contributed by atoms with Gasteiger partial charge in [0.15, 0.2) is 11.5 Å². The van der Waals surface area contributed by atoms with Crippen LogP contribution >= 0.6 is 0 Å². The number of hydrogen-bond acceptors (Lipinski definition) is 6. The lowest BCUT2D eigenvalue weighted by molar-refractivity contribution is -0.384. The zero-order chi connectivity index (χ0) is 20.5. The summed E-state index contributed by atoms with van der Waals surface area (Å²) >= 11 is 0. The summed E-state index contributed by atoms with van der Waals surface area (Å²) in [7, 11) is 0. The minimum absolute atomic E-state index is 0.0267. The molecular weight excluding hydrogens is 376 g/mol. The molecule has 1 atom stereocenters. The van der Waals surface area contributed by atoms with Crippen molar-refractivity contribution in [2.45, 2.75) is 6.04 Å². The second kappa shape index (κ2) is 7.08. The van der Waals surface area contributed by atoms with Crippen molar-refractivity contribution in [3.63, 3.8) is 0 Å². The number of non-ortho nitro benzene ring substituents is 1. The number of furan rings is 1. The summed E-state index contributed by atoms with van der Waals surface area (Å²) in [4.78, 5) is 37.6. The lowest BCUT2D eigenvalue weighted by atomic mass is 9.94. The molecule has 1 aliphatic heterocycles. The number of aliphatic hydroxyl groups excluding tert-OH is 1. The molecule has 0 aliphatic carbocycles. The highest BCUT2D eigenvalue weighted by Gasteiger charge is 2.45. The molecule has 1 aromatic heterocycles. The first-order valence-electron chi connectivity index (χ1n) is 8.63. The molecule has 4 rings (SSSR count). The van der Waals surface area contributed by atoms with Crippen LogP contribution in [0, 0.1) is 10.1 Å². The van der Waals surface area contributed by atoms with Gasteiger partial charge in [-0.3, -0.25) is 24.6 Å². The van der Waals surface area contributed by atoms with E-state index in [2.05, 4.69) is 0 Å². The smallest absolute Gasteiger partial charge is 0.294 e. The number of carbonyl (C=O) groups excluding carboxylic acids is 2. The summed E-state index contributed by atoms with van der Waals surface area (Å²) < 4.78 is 5.15. The molecular formula is C21H14N2O6. The van der Waals surface area contributed by atoms with E-state index in [4.69, 9.17) is 4.42 Å². The third-order valence-corrected chi connectivity index (χ3v) is 4.65. The number of amides is 1. The molecule has 8 nitrogen and oxygen atoms in total. The van der Waals surface area contributed by atoms with Crippen molar-refractivity contribution in [1.29, 1.82) is 0 Å². The average molecular weight is 390 g/mol. The SMILES string of the molecule is O=C(C1=C(O)C(=O)N(c2ccccc2)C1c1ccc([N+](=O)[O-])cc1)c1ccco1. The summed E-state index contributed by atoms with van der Waals surface area (Å²) in [6, 6.07) is 16.0. The number of anilines is 1. The molecule has 1 amide bonds. The van der Waals surface area contributed by atoms with Crippen LogP contribution in [0.2, 0.25) is 0 Å². The van der Waals surface area contributed by atoms with E-state index >= 15 is 0 Å². The van der Waals surface area contributed by atoms with Gasteiger partial charge in [0.25, 0.3) is 11.6 Å². The highest BCUT2D eigenvalue weighted by Crippen LogP contribution is 2.42. The summed E-state index contributed by atoms with van der Waals surface area (Å²) in [5.74, 6) is -2.09. The fourth-order valence-corrected chi connectivity index (χ4v) is 3.33. The molecule has 8 heteroatoms. The summed E-state index contributed by atoms with van der Waals surface area (Å²) in [5.41, 5.74) is 0.625. The van der Waals surface area contributed by atoms with Crippen LogP contribution in [0.15, 0.2) is 88.7 Å². The number of carbonyl (C=O) groups is 2. The number of para-hydroxylation sites is 1. The van der Waals surface area contributed by atoms with Crippen LogP contribution in [0.1, 0.15) is 22.2 Å². The van der Waals surface area contributed by atoms with Crippen LogP contribution in [0.5, 0.6) is 0 Å². The third-order valence-electron chi connectivity index (χ3n) is 4.65. The molecule has 1 N–H and O–H groups in total. The van der Waals surface area contributed by atoms with Gasteiger partial charge in [-0.05, 0) is 42.0 Å². The molecule has 29 heavy (non-hydrogen) atoms. The quantitative estimate of drug-likeness (QED) is 0.400. The van der Waals surface area contributed by atoms with Crippen molar-refractivity contribution in [2.75, 3.05) is 4.90 Å². The lowest BCUT2D eigenvalue weighted by Gasteiger charge is -2.26. The maximum absolute atomic E-state index is 13.0. The van der Waals surface area contributed by atoms with E-state index in [0.717, 1.165) is 0 Å². The molecule has 0 radical (unpaired) electrons.